The molecule has 1 heterocycles. The number of hydrogen-bond donors (Lipinski definition) is 0. The molecule has 0 amide bonds. The van der Waals surface area contributed by atoms with Gasteiger partial charge in [-0.1, -0.05) is 194 Å². The summed E-state index contributed by atoms with van der Waals surface area (Å²) in [6.07, 6.45) is -9.18. The molecule has 9 rings (SSSR count). The lowest BCUT2D eigenvalue weighted by molar-refractivity contribution is -0.299. The summed E-state index contributed by atoms with van der Waals surface area (Å²) in [4.78, 5) is 76.6. The number of esters is 5. The molecule has 13 nitrogen and oxygen atoms in total. The Hall–Kier alpha value is -9.30. The summed E-state index contributed by atoms with van der Waals surface area (Å²) in [6.45, 7) is -1.18. The molecule has 0 radical (unpaired) electrons. The fraction of sp³-hybridized carbons (Fsp3) is 0.143. The molecule has 1 aliphatic rings. The molecule has 13 heteroatoms. The third-order valence-electron chi connectivity index (χ3n) is 12.2. The molecule has 6 atom stereocenters. The zero-order valence-corrected chi connectivity index (χ0v) is 40.9. The highest BCUT2D eigenvalue weighted by Crippen LogP contribution is 2.33. The van der Waals surface area contributed by atoms with Crippen LogP contribution in [-0.2, 0) is 38.0 Å². The average Bonchev–Trinajstić information content (AvgIpc) is 3.49. The fourth-order valence-electron chi connectivity index (χ4n) is 8.45. The maximum atomic E-state index is 15.1. The van der Waals surface area contributed by atoms with E-state index in [0.717, 1.165) is 0 Å². The molecule has 8 aromatic carbocycles. The highest BCUT2D eigenvalue weighted by molar-refractivity contribution is 6.13. The maximum absolute atomic E-state index is 15.1. The maximum Gasteiger partial charge on any atom is 0.338 e. The van der Waals surface area contributed by atoms with Crippen molar-refractivity contribution in [1.29, 1.82) is 0 Å². The van der Waals surface area contributed by atoms with E-state index in [1.54, 1.807) is 84.9 Å². The lowest BCUT2D eigenvalue weighted by Crippen LogP contribution is -2.63. The number of hydrogen-bond acceptors (Lipinski definition) is 13. The van der Waals surface area contributed by atoms with Crippen LogP contribution in [0.1, 0.15) is 69.8 Å². The second-order valence-electron chi connectivity index (χ2n) is 17.4. The van der Waals surface area contributed by atoms with Crippen molar-refractivity contribution in [3.63, 3.8) is 0 Å². The number of rotatable bonds is 19. The average molecular weight is 1010 g/mol. The van der Waals surface area contributed by atoms with Gasteiger partial charge in [0.2, 0.25) is 0 Å². The van der Waals surface area contributed by atoms with E-state index in [2.05, 4.69) is 0 Å². The van der Waals surface area contributed by atoms with Crippen molar-refractivity contribution >= 4 is 35.6 Å². The molecule has 1 aliphatic heterocycles. The molecular formula is C63H51NO12. The lowest BCUT2D eigenvalue weighted by Gasteiger charge is -2.44. The van der Waals surface area contributed by atoms with Gasteiger partial charge in [-0.15, -0.1) is 0 Å². The van der Waals surface area contributed by atoms with Gasteiger partial charge in [0.05, 0.1) is 34.6 Å². The highest BCUT2D eigenvalue weighted by atomic mass is 16.7. The van der Waals surface area contributed by atoms with Gasteiger partial charge in [-0.2, -0.15) is 0 Å². The Kier molecular flexibility index (Phi) is 17.4. The largest absolute Gasteiger partial charge is 0.459 e. The minimum absolute atomic E-state index is 0.109. The van der Waals surface area contributed by atoms with Crippen molar-refractivity contribution in [2.24, 2.45) is 4.99 Å². The molecule has 76 heavy (non-hydrogen) atoms. The Bertz CT molecular complexity index is 3110. The lowest BCUT2D eigenvalue weighted by atomic mass is 9.97. The number of benzene rings is 8. The second-order valence-corrected chi connectivity index (χ2v) is 17.4. The van der Waals surface area contributed by atoms with E-state index in [4.69, 9.17) is 38.2 Å². The summed E-state index contributed by atoms with van der Waals surface area (Å²) >= 11 is 0. The molecule has 0 spiro atoms. The van der Waals surface area contributed by atoms with E-state index >= 15 is 4.79 Å². The SMILES string of the molecule is O=C(OC[C@H]1O[C@@H](OC[C@H](N=C(c2ccccc2)c2ccccc2)C(=O)OC(c2ccccc2)c2ccccc2)[C@H](OC(=O)c2ccccc2)[C@@H](OC(=O)c2ccccc2)[C@@H]1OC(=O)c1ccccc1)c1ccccc1. The van der Waals surface area contributed by atoms with Crippen molar-refractivity contribution in [1.82, 2.24) is 0 Å². The number of carbonyl (C=O) groups excluding carboxylic acids is 5. The first-order valence-electron chi connectivity index (χ1n) is 24.6. The van der Waals surface area contributed by atoms with Crippen molar-refractivity contribution in [3.8, 4) is 0 Å². The molecule has 0 aromatic heterocycles. The van der Waals surface area contributed by atoms with Crippen LogP contribution >= 0.6 is 0 Å². The zero-order chi connectivity index (χ0) is 52.5. The predicted molar refractivity (Wildman–Crippen MR) is 281 cm³/mol. The minimum Gasteiger partial charge on any atom is -0.459 e. The predicted octanol–water partition coefficient (Wildman–Crippen LogP) is 10.5. The third-order valence-corrected chi connectivity index (χ3v) is 12.2. The van der Waals surface area contributed by atoms with E-state index in [-0.39, 0.29) is 22.3 Å². The van der Waals surface area contributed by atoms with Crippen LogP contribution in [0.5, 0.6) is 0 Å². The molecular weight excluding hydrogens is 963 g/mol. The van der Waals surface area contributed by atoms with Crippen LogP contribution in [0.2, 0.25) is 0 Å². The Morgan fingerprint density at radius 3 is 1.16 bits per heavy atom. The van der Waals surface area contributed by atoms with Crippen LogP contribution in [0, 0.1) is 0 Å². The molecule has 0 unspecified atom stereocenters. The van der Waals surface area contributed by atoms with E-state index in [0.29, 0.717) is 28.0 Å². The van der Waals surface area contributed by atoms with Gasteiger partial charge in [-0.3, -0.25) is 4.99 Å². The number of aliphatic imine (C=N–C) groups is 1. The van der Waals surface area contributed by atoms with Gasteiger partial charge in [-0.25, -0.2) is 24.0 Å². The van der Waals surface area contributed by atoms with E-state index in [9.17, 15) is 19.2 Å². The van der Waals surface area contributed by atoms with Gasteiger partial charge < -0.3 is 33.2 Å². The monoisotopic (exact) mass is 1010 g/mol. The van der Waals surface area contributed by atoms with Crippen molar-refractivity contribution in [3.05, 3.63) is 287 Å². The summed E-state index contributed by atoms with van der Waals surface area (Å²) in [5, 5.41) is 0. The van der Waals surface area contributed by atoms with E-state index in [1.165, 1.54) is 36.4 Å². The van der Waals surface area contributed by atoms with Gasteiger partial charge in [0.1, 0.15) is 12.7 Å². The van der Waals surface area contributed by atoms with Crippen molar-refractivity contribution in [2.75, 3.05) is 13.2 Å². The molecule has 1 saturated heterocycles. The van der Waals surface area contributed by atoms with Crippen LogP contribution < -0.4 is 0 Å². The Labute approximate surface area is 439 Å². The first-order chi connectivity index (χ1) is 37.3. The molecule has 0 bridgehead atoms. The molecule has 0 saturated carbocycles. The smallest absolute Gasteiger partial charge is 0.338 e. The van der Waals surface area contributed by atoms with Crippen LogP contribution in [0.3, 0.4) is 0 Å². The third kappa shape index (κ3) is 13.3. The van der Waals surface area contributed by atoms with Crippen LogP contribution in [0.25, 0.3) is 0 Å². The summed E-state index contributed by atoms with van der Waals surface area (Å²) in [5.74, 6) is -4.18. The minimum atomic E-state index is -1.74. The number of nitrogens with zero attached hydrogens (tertiary/aromatic N) is 1. The standard InChI is InChI=1S/C63H51NO12/c65-58(47-33-17-5-18-34-47)70-42-52-55(74-59(66)48-35-19-6-20-36-48)56(75-60(67)49-37-21-7-22-38-49)57(76-61(68)50-39-23-8-24-40-50)63(72-52)71-41-51(64-53(43-25-9-1-10-26-43)44-27-11-2-12-28-44)62(69)73-54(45-29-13-3-14-30-45)46-31-15-4-16-32-46/h1-40,51-52,54-57,63H,41-42H2/t51-,52+,55+,56-,57+,63+/m0/s1. The fourth-order valence-corrected chi connectivity index (χ4v) is 8.45. The summed E-state index contributed by atoms with van der Waals surface area (Å²) in [5.41, 5.74) is 3.71. The zero-order valence-electron chi connectivity index (χ0n) is 40.9. The van der Waals surface area contributed by atoms with Crippen LogP contribution in [0.4, 0.5) is 0 Å². The van der Waals surface area contributed by atoms with Gasteiger partial charge >= 0.3 is 29.8 Å². The number of carbonyl (C=O) groups is 5. The van der Waals surface area contributed by atoms with Gasteiger partial charge in [0.25, 0.3) is 0 Å². The Morgan fingerprint density at radius 1 is 0.408 bits per heavy atom. The van der Waals surface area contributed by atoms with Crippen LogP contribution in [-0.4, -0.2) is 85.5 Å². The van der Waals surface area contributed by atoms with Gasteiger partial charge in [-0.05, 0) is 59.7 Å². The molecule has 1 fully saturated rings. The highest BCUT2D eigenvalue weighted by Gasteiger charge is 2.54. The first-order valence-corrected chi connectivity index (χ1v) is 24.6. The quantitative estimate of drug-likeness (QED) is 0.0429. The molecule has 0 N–H and O–H groups in total. The van der Waals surface area contributed by atoms with Gasteiger partial charge in [0.15, 0.2) is 36.7 Å². The molecule has 0 aliphatic carbocycles. The van der Waals surface area contributed by atoms with Crippen LogP contribution in [0.15, 0.2) is 248 Å². The molecule has 8 aromatic rings. The Balaban J connectivity index is 1.15. The van der Waals surface area contributed by atoms with Gasteiger partial charge in [0, 0.05) is 11.1 Å². The summed E-state index contributed by atoms with van der Waals surface area (Å²) in [7, 11) is 0. The van der Waals surface area contributed by atoms with Crippen molar-refractivity contribution in [2.45, 2.75) is 42.9 Å². The first kappa shape index (κ1) is 51.6. The molecule has 380 valence electrons. The normalized spacial score (nSPS) is 17.2. The summed E-state index contributed by atoms with van der Waals surface area (Å²) in [6, 6.07) is 67.9. The Morgan fingerprint density at radius 2 is 0.750 bits per heavy atom. The van der Waals surface area contributed by atoms with Crippen molar-refractivity contribution < 1.29 is 57.1 Å². The summed E-state index contributed by atoms with van der Waals surface area (Å²) < 4.78 is 44.4. The van der Waals surface area contributed by atoms with E-state index < -0.39 is 85.9 Å². The van der Waals surface area contributed by atoms with E-state index in [1.807, 2.05) is 121 Å². The number of ether oxygens (including phenoxy) is 7. The topological polar surface area (TPSA) is 162 Å². The second kappa shape index (κ2) is 25.6.